The first kappa shape index (κ1) is 16.0. The third-order valence-corrected chi connectivity index (χ3v) is 4.50. The van der Waals surface area contributed by atoms with Crippen LogP contribution in [0.4, 0.5) is 0 Å². The van der Waals surface area contributed by atoms with Crippen molar-refractivity contribution in [3.05, 3.63) is 46.5 Å². The molecular weight excluding hydrogens is 292 g/mol. The molecular formula is C18H24N2O3. The molecule has 1 aromatic heterocycles. The summed E-state index contributed by atoms with van der Waals surface area (Å²) in [6.07, 6.45) is 4.01. The fraction of sp³-hybridized carbons (Fsp3) is 0.500. The lowest BCUT2D eigenvalue weighted by molar-refractivity contribution is -0.0526. The summed E-state index contributed by atoms with van der Waals surface area (Å²) < 4.78 is 12.1. The number of hydrogen-bond donors (Lipinski definition) is 1. The molecule has 0 saturated carbocycles. The Hall–Kier alpha value is -1.85. The minimum atomic E-state index is -0.310. The van der Waals surface area contributed by atoms with E-state index >= 15 is 0 Å². The molecule has 0 spiro atoms. The Morgan fingerprint density at radius 1 is 1.39 bits per heavy atom. The Morgan fingerprint density at radius 3 is 3.04 bits per heavy atom. The number of oxazole rings is 1. The van der Waals surface area contributed by atoms with Gasteiger partial charge in [0.05, 0.1) is 5.52 Å². The fourth-order valence-corrected chi connectivity index (χ4v) is 3.21. The van der Waals surface area contributed by atoms with Gasteiger partial charge in [-0.1, -0.05) is 18.2 Å². The molecule has 2 saturated heterocycles. The van der Waals surface area contributed by atoms with Crippen LogP contribution in [0.3, 0.4) is 0 Å². The minimum Gasteiger partial charge on any atom is -0.408 e. The van der Waals surface area contributed by atoms with Crippen LogP contribution in [0.25, 0.3) is 11.1 Å². The Balaban J connectivity index is 0.000000136. The van der Waals surface area contributed by atoms with Crippen LogP contribution in [0, 0.1) is 12.8 Å². The van der Waals surface area contributed by atoms with Crippen molar-refractivity contribution in [2.24, 2.45) is 13.0 Å². The van der Waals surface area contributed by atoms with E-state index in [1.807, 2.05) is 25.1 Å². The summed E-state index contributed by atoms with van der Waals surface area (Å²) in [5, 5.41) is 3.35. The van der Waals surface area contributed by atoms with Crippen molar-refractivity contribution >= 4 is 11.1 Å². The molecule has 2 aliphatic rings. The van der Waals surface area contributed by atoms with Crippen molar-refractivity contribution < 1.29 is 9.15 Å². The predicted octanol–water partition coefficient (Wildman–Crippen LogP) is 2.73. The molecule has 5 heteroatoms. The number of aryl methyl sites for hydroxylation is 2. The Morgan fingerprint density at radius 2 is 2.22 bits per heavy atom. The number of nitrogens with zero attached hydrogens (tertiary/aromatic N) is 1. The minimum absolute atomic E-state index is 0.310. The third kappa shape index (κ3) is 3.57. The number of ether oxygens (including phenoxy) is 1. The van der Waals surface area contributed by atoms with E-state index in [9.17, 15) is 4.79 Å². The molecule has 1 aromatic carbocycles. The van der Waals surface area contributed by atoms with Gasteiger partial charge in [0.1, 0.15) is 6.23 Å². The van der Waals surface area contributed by atoms with E-state index in [1.165, 1.54) is 23.0 Å². The maximum Gasteiger partial charge on any atom is 0.419 e. The lowest BCUT2D eigenvalue weighted by Gasteiger charge is -2.36. The van der Waals surface area contributed by atoms with Gasteiger partial charge >= 0.3 is 5.76 Å². The SMILES string of the molecule is C=C1CNC2OCCCC2C1.Cc1ccc2c(c1)oc(=O)n2C. The van der Waals surface area contributed by atoms with Gasteiger partial charge in [0.25, 0.3) is 0 Å². The summed E-state index contributed by atoms with van der Waals surface area (Å²) in [4.78, 5) is 11.0. The third-order valence-electron chi connectivity index (χ3n) is 4.50. The maximum atomic E-state index is 11.0. The van der Waals surface area contributed by atoms with Crippen LogP contribution in [0.1, 0.15) is 24.8 Å². The van der Waals surface area contributed by atoms with Crippen LogP contribution >= 0.6 is 0 Å². The molecule has 2 unspecified atom stereocenters. The molecule has 3 heterocycles. The first-order valence-electron chi connectivity index (χ1n) is 8.12. The smallest absolute Gasteiger partial charge is 0.408 e. The highest BCUT2D eigenvalue weighted by Gasteiger charge is 2.29. The number of hydrogen-bond acceptors (Lipinski definition) is 4. The topological polar surface area (TPSA) is 56.4 Å². The number of rotatable bonds is 0. The molecule has 1 N–H and O–H groups in total. The molecule has 2 atom stereocenters. The first-order valence-corrected chi connectivity index (χ1v) is 8.12. The van der Waals surface area contributed by atoms with Crippen molar-refractivity contribution in [1.82, 2.24) is 9.88 Å². The Kier molecular flexibility index (Phi) is 4.68. The molecule has 0 bridgehead atoms. The number of benzene rings is 1. The molecule has 0 radical (unpaired) electrons. The summed E-state index contributed by atoms with van der Waals surface area (Å²) in [5.74, 6) is 0.389. The van der Waals surface area contributed by atoms with Gasteiger partial charge in [0.15, 0.2) is 5.58 Å². The summed E-state index contributed by atoms with van der Waals surface area (Å²) in [6.45, 7) is 7.83. The Bertz CT molecular complexity index is 759. The van der Waals surface area contributed by atoms with E-state index < -0.39 is 0 Å². The highest BCUT2D eigenvalue weighted by atomic mass is 16.5. The van der Waals surface area contributed by atoms with Gasteiger partial charge in [-0.15, -0.1) is 0 Å². The van der Waals surface area contributed by atoms with Crippen LogP contribution < -0.4 is 11.1 Å². The second-order valence-corrected chi connectivity index (χ2v) is 6.43. The van der Waals surface area contributed by atoms with Gasteiger partial charge in [0.2, 0.25) is 0 Å². The van der Waals surface area contributed by atoms with E-state index in [1.54, 1.807) is 7.05 Å². The maximum absolute atomic E-state index is 11.0. The van der Waals surface area contributed by atoms with E-state index in [0.717, 1.165) is 30.7 Å². The Labute approximate surface area is 135 Å². The lowest BCUT2D eigenvalue weighted by atomic mass is 9.89. The average molecular weight is 316 g/mol. The van der Waals surface area contributed by atoms with Crippen LogP contribution in [0.15, 0.2) is 39.6 Å². The first-order chi connectivity index (χ1) is 11.0. The predicted molar refractivity (Wildman–Crippen MR) is 90.4 cm³/mol. The van der Waals surface area contributed by atoms with Crippen LogP contribution in [-0.4, -0.2) is 23.9 Å². The van der Waals surface area contributed by atoms with Crippen molar-refractivity contribution in [1.29, 1.82) is 0 Å². The molecule has 124 valence electrons. The number of nitrogens with one attached hydrogen (secondary N) is 1. The van der Waals surface area contributed by atoms with Crippen molar-refractivity contribution in [3.63, 3.8) is 0 Å². The fourth-order valence-electron chi connectivity index (χ4n) is 3.21. The van der Waals surface area contributed by atoms with Gasteiger partial charge in [-0.25, -0.2) is 4.79 Å². The normalized spacial score (nSPS) is 24.0. The van der Waals surface area contributed by atoms with Crippen LogP contribution in [-0.2, 0) is 11.8 Å². The second kappa shape index (κ2) is 6.72. The van der Waals surface area contributed by atoms with Crippen molar-refractivity contribution in [2.75, 3.05) is 13.2 Å². The van der Waals surface area contributed by atoms with Gasteiger partial charge in [0, 0.05) is 26.1 Å². The zero-order valence-electron chi connectivity index (χ0n) is 13.8. The average Bonchev–Trinajstić information content (AvgIpc) is 2.82. The highest BCUT2D eigenvalue weighted by molar-refractivity contribution is 5.73. The number of aromatic nitrogens is 1. The lowest BCUT2D eigenvalue weighted by Crippen LogP contribution is -2.46. The van der Waals surface area contributed by atoms with E-state index in [4.69, 9.17) is 9.15 Å². The van der Waals surface area contributed by atoms with Gasteiger partial charge < -0.3 is 9.15 Å². The summed E-state index contributed by atoms with van der Waals surface area (Å²) in [6, 6.07) is 5.70. The van der Waals surface area contributed by atoms with E-state index in [-0.39, 0.29) is 5.76 Å². The zero-order chi connectivity index (χ0) is 16.4. The molecule has 2 fully saturated rings. The van der Waals surface area contributed by atoms with Gasteiger partial charge in [-0.05, 0) is 43.9 Å². The van der Waals surface area contributed by atoms with E-state index in [0.29, 0.717) is 17.7 Å². The molecule has 2 aromatic rings. The van der Waals surface area contributed by atoms with Gasteiger partial charge in [-0.2, -0.15) is 0 Å². The van der Waals surface area contributed by atoms with E-state index in [2.05, 4.69) is 11.9 Å². The van der Waals surface area contributed by atoms with Gasteiger partial charge in [-0.3, -0.25) is 9.88 Å². The van der Waals surface area contributed by atoms with Crippen LogP contribution in [0.5, 0.6) is 0 Å². The van der Waals surface area contributed by atoms with Crippen LogP contribution in [0.2, 0.25) is 0 Å². The molecule has 2 aliphatic heterocycles. The molecule has 0 aliphatic carbocycles. The quantitative estimate of drug-likeness (QED) is 0.759. The summed E-state index contributed by atoms with van der Waals surface area (Å²) >= 11 is 0. The second-order valence-electron chi connectivity index (χ2n) is 6.43. The molecule has 4 rings (SSSR count). The molecule has 5 nitrogen and oxygen atoms in total. The largest absolute Gasteiger partial charge is 0.419 e. The standard InChI is InChI=1S/C9H9NO2.C9H15NO/c1-6-3-4-7-8(5-6)12-9(11)10(7)2;1-7-5-8-3-2-4-11-9(8)10-6-7/h3-5H,1-2H3;8-10H,1-6H2. The number of piperidine rings is 1. The molecule has 23 heavy (non-hydrogen) atoms. The molecule has 0 amide bonds. The monoisotopic (exact) mass is 316 g/mol. The van der Waals surface area contributed by atoms with Crippen molar-refractivity contribution in [3.8, 4) is 0 Å². The highest BCUT2D eigenvalue weighted by Crippen LogP contribution is 2.28. The van der Waals surface area contributed by atoms with Crippen molar-refractivity contribution in [2.45, 2.75) is 32.4 Å². The zero-order valence-corrected chi connectivity index (χ0v) is 13.8. The number of fused-ring (bicyclic) bond motifs is 2. The summed E-state index contributed by atoms with van der Waals surface area (Å²) in [5.41, 5.74) is 3.92. The summed E-state index contributed by atoms with van der Waals surface area (Å²) in [7, 11) is 1.70.